The number of amides is 2. The van der Waals surface area contributed by atoms with Gasteiger partial charge in [-0.25, -0.2) is 19.6 Å². The molecule has 0 bridgehead atoms. The van der Waals surface area contributed by atoms with Crippen molar-refractivity contribution in [3.8, 4) is 0 Å². The van der Waals surface area contributed by atoms with Gasteiger partial charge in [0.15, 0.2) is 5.16 Å². The Labute approximate surface area is 192 Å². The third-order valence-corrected chi connectivity index (χ3v) is 7.38. The number of carbonyl (C=O) groups is 3. The van der Waals surface area contributed by atoms with Crippen LogP contribution < -0.4 is 11.1 Å². The molecule has 0 saturated carbocycles. The third kappa shape index (κ3) is 5.84. The van der Waals surface area contributed by atoms with Crippen molar-refractivity contribution in [2.45, 2.75) is 48.0 Å². The molecule has 10 nitrogen and oxygen atoms in total. The predicted molar refractivity (Wildman–Crippen MR) is 119 cm³/mol. The monoisotopic (exact) mass is 485 g/mol. The van der Waals surface area contributed by atoms with E-state index in [0.717, 1.165) is 0 Å². The van der Waals surface area contributed by atoms with Crippen LogP contribution in [0.5, 0.6) is 0 Å². The highest BCUT2D eigenvalue weighted by atomic mass is 32.2. The summed E-state index contributed by atoms with van der Waals surface area (Å²) in [6, 6.07) is 1.02. The molecule has 0 aliphatic carbocycles. The molecular weight excluding hydrogens is 462 g/mol. The van der Waals surface area contributed by atoms with Crippen LogP contribution in [0.1, 0.15) is 20.8 Å². The van der Waals surface area contributed by atoms with Crippen LogP contribution in [0.25, 0.3) is 0 Å². The molecule has 1 aromatic rings. The lowest BCUT2D eigenvalue weighted by Gasteiger charge is -2.47. The van der Waals surface area contributed by atoms with Crippen molar-refractivity contribution in [3.63, 3.8) is 0 Å². The van der Waals surface area contributed by atoms with Crippen LogP contribution in [0, 0.1) is 0 Å². The summed E-state index contributed by atoms with van der Waals surface area (Å²) in [7, 11) is 0. The number of carbonyl (C=O) groups excluding carboxylic acids is 2. The van der Waals surface area contributed by atoms with E-state index >= 15 is 0 Å². The first-order chi connectivity index (χ1) is 14.6. The number of hydrogen-bond donors (Lipinski definition) is 3. The fourth-order valence-electron chi connectivity index (χ4n) is 2.75. The van der Waals surface area contributed by atoms with E-state index in [2.05, 4.69) is 15.3 Å². The summed E-state index contributed by atoms with van der Waals surface area (Å²) in [6.07, 6.45) is 1.10. The van der Waals surface area contributed by atoms with Crippen molar-refractivity contribution in [2.24, 2.45) is 5.73 Å². The van der Waals surface area contributed by atoms with Gasteiger partial charge in [0.1, 0.15) is 27.7 Å². The van der Waals surface area contributed by atoms with E-state index in [1.807, 2.05) is 0 Å². The number of carboxylic acid groups (broad SMARTS) is 1. The minimum atomic E-state index is -1.16. The minimum Gasteiger partial charge on any atom is -0.477 e. The van der Waals surface area contributed by atoms with Crippen LogP contribution in [0.4, 0.5) is 4.79 Å². The smallest absolute Gasteiger partial charge is 0.407 e. The molecule has 1 aromatic heterocycles. The summed E-state index contributed by atoms with van der Waals surface area (Å²) in [6.45, 7) is 5.76. The average Bonchev–Trinajstić information content (AvgIpc) is 2.69. The van der Waals surface area contributed by atoms with Gasteiger partial charge in [-0.05, 0) is 26.8 Å². The molecule has 2 aliphatic heterocycles. The summed E-state index contributed by atoms with van der Waals surface area (Å²) in [5.41, 5.74) is 5.18. The first-order valence-electron chi connectivity index (χ1n) is 9.34. The quantitative estimate of drug-likeness (QED) is 0.170. The summed E-state index contributed by atoms with van der Waals surface area (Å²) < 4.78 is 5.17. The lowest BCUT2D eigenvalue weighted by Crippen LogP contribution is -2.68. The van der Waals surface area contributed by atoms with Crippen molar-refractivity contribution < 1.29 is 24.2 Å². The minimum absolute atomic E-state index is 0.0326. The van der Waals surface area contributed by atoms with Gasteiger partial charge in [0.05, 0.1) is 0 Å². The summed E-state index contributed by atoms with van der Waals surface area (Å²) >= 11 is 3.99. The molecule has 31 heavy (non-hydrogen) atoms. The fourth-order valence-corrected chi connectivity index (χ4v) is 5.87. The highest BCUT2D eigenvalue weighted by molar-refractivity contribution is 8.06. The number of ether oxygens (including phenoxy) is 1. The highest BCUT2D eigenvalue weighted by Gasteiger charge is 2.51. The maximum absolute atomic E-state index is 12.0. The predicted octanol–water partition coefficient (Wildman–Crippen LogP) is 1.72. The Morgan fingerprint density at radius 1 is 1.45 bits per heavy atom. The van der Waals surface area contributed by atoms with Gasteiger partial charge in [-0.2, -0.15) is 0 Å². The first kappa shape index (κ1) is 23.7. The topological polar surface area (TPSA) is 148 Å². The van der Waals surface area contributed by atoms with Crippen LogP contribution in [0.15, 0.2) is 33.0 Å². The van der Waals surface area contributed by atoms with Crippen LogP contribution in [0.3, 0.4) is 0 Å². The SMILES string of the molecule is CC(C)(C)OC(=O)NCCSc1nccc(SC2=C(C(=O)O)N3C(=O)[C@@H](N)[C@@H]3SC2)n1. The standard InChI is InChI=1S/C18H23N5O5S3/c1-18(2,3)28-17(27)21-6-7-29-16-20-5-4-10(22-16)31-9-8-30-14-11(19)13(24)23(14)12(9)15(25)26/h4-5,11,14H,6-8,19H2,1-3H3,(H,21,27)(H,25,26)/t11-,14+/m1/s1. The van der Waals surface area contributed by atoms with E-state index in [9.17, 15) is 19.5 Å². The maximum atomic E-state index is 12.0. The number of nitrogens with zero attached hydrogens (tertiary/aromatic N) is 3. The Hall–Kier alpha value is -1.96. The van der Waals surface area contributed by atoms with E-state index in [1.54, 1.807) is 33.0 Å². The Morgan fingerprint density at radius 2 is 2.19 bits per heavy atom. The first-order valence-corrected chi connectivity index (χ1v) is 12.2. The molecule has 3 rings (SSSR count). The van der Waals surface area contributed by atoms with E-state index in [1.165, 1.54) is 40.2 Å². The van der Waals surface area contributed by atoms with E-state index in [0.29, 0.717) is 33.1 Å². The number of aliphatic carboxylic acids is 1. The number of thioether (sulfide) groups is 3. The molecule has 0 unspecified atom stereocenters. The zero-order valence-corrected chi connectivity index (χ0v) is 19.6. The van der Waals surface area contributed by atoms with Gasteiger partial charge in [-0.15, -0.1) is 11.8 Å². The zero-order valence-electron chi connectivity index (χ0n) is 17.2. The molecule has 3 heterocycles. The normalized spacial score (nSPS) is 20.8. The number of aromatic nitrogens is 2. The van der Waals surface area contributed by atoms with Crippen molar-refractivity contribution in [1.29, 1.82) is 0 Å². The molecule has 2 amide bonds. The molecule has 0 radical (unpaired) electrons. The molecule has 0 spiro atoms. The Bertz CT molecular complexity index is 920. The molecule has 1 fully saturated rings. The molecular formula is C18H23N5O5S3. The summed E-state index contributed by atoms with van der Waals surface area (Å²) in [4.78, 5) is 45.9. The number of nitrogens with one attached hydrogen (secondary N) is 1. The summed E-state index contributed by atoms with van der Waals surface area (Å²) in [5, 5.41) is 13.0. The van der Waals surface area contributed by atoms with Crippen LogP contribution in [-0.2, 0) is 14.3 Å². The number of alkyl carbamates (subject to hydrolysis) is 1. The van der Waals surface area contributed by atoms with Gasteiger partial charge in [0.25, 0.3) is 0 Å². The third-order valence-electron chi connectivity index (χ3n) is 4.01. The van der Waals surface area contributed by atoms with Gasteiger partial charge in [0.2, 0.25) is 5.91 Å². The molecule has 4 N–H and O–H groups in total. The van der Waals surface area contributed by atoms with E-state index < -0.39 is 23.7 Å². The van der Waals surface area contributed by atoms with Crippen LogP contribution in [-0.4, -0.2) is 73.0 Å². The molecule has 2 atom stereocenters. The molecule has 13 heteroatoms. The Morgan fingerprint density at radius 3 is 2.87 bits per heavy atom. The lowest BCUT2D eigenvalue weighted by atomic mass is 10.1. The second kappa shape index (κ2) is 9.67. The van der Waals surface area contributed by atoms with Gasteiger partial charge >= 0.3 is 12.1 Å². The fraction of sp³-hybridized carbons (Fsp3) is 0.500. The van der Waals surface area contributed by atoms with E-state index in [-0.39, 0.29) is 17.0 Å². The Balaban J connectivity index is 1.59. The van der Waals surface area contributed by atoms with Gasteiger partial charge < -0.3 is 20.9 Å². The van der Waals surface area contributed by atoms with Crippen molar-refractivity contribution >= 4 is 53.3 Å². The summed E-state index contributed by atoms with van der Waals surface area (Å²) in [5.74, 6) is -0.580. The number of carboxylic acids is 1. The van der Waals surface area contributed by atoms with Gasteiger partial charge in [-0.1, -0.05) is 23.5 Å². The van der Waals surface area contributed by atoms with Crippen molar-refractivity contribution in [1.82, 2.24) is 20.2 Å². The maximum Gasteiger partial charge on any atom is 0.407 e. The average molecular weight is 486 g/mol. The molecule has 0 aromatic carbocycles. The van der Waals surface area contributed by atoms with Crippen molar-refractivity contribution in [2.75, 3.05) is 18.1 Å². The second-order valence-corrected chi connectivity index (χ2v) is 10.9. The number of β-lactam (4-membered cyclic amide) rings is 1. The number of hydrogen-bond acceptors (Lipinski definition) is 10. The van der Waals surface area contributed by atoms with Crippen molar-refractivity contribution in [3.05, 3.63) is 22.9 Å². The number of fused-ring (bicyclic) bond motifs is 1. The van der Waals surface area contributed by atoms with E-state index in [4.69, 9.17) is 10.5 Å². The Kier molecular flexibility index (Phi) is 7.39. The van der Waals surface area contributed by atoms with Gasteiger partial charge in [-0.3, -0.25) is 9.69 Å². The number of nitrogens with two attached hydrogens (primary N) is 1. The zero-order chi connectivity index (χ0) is 22.8. The van der Waals surface area contributed by atoms with Gasteiger partial charge in [0, 0.05) is 29.2 Å². The lowest BCUT2D eigenvalue weighted by molar-refractivity contribution is -0.147. The molecule has 168 valence electrons. The highest BCUT2D eigenvalue weighted by Crippen LogP contribution is 2.44. The molecule has 1 saturated heterocycles. The van der Waals surface area contributed by atoms with Crippen LogP contribution in [0.2, 0.25) is 0 Å². The molecule has 2 aliphatic rings. The second-order valence-electron chi connectivity index (χ2n) is 7.57. The number of rotatable bonds is 7. The largest absolute Gasteiger partial charge is 0.477 e. The van der Waals surface area contributed by atoms with Crippen LogP contribution >= 0.6 is 35.3 Å².